The first-order chi connectivity index (χ1) is 27.3. The first kappa shape index (κ1) is 54.8. The molecule has 1 rings (SSSR count). The maximum atomic E-state index is 13.9. The van der Waals surface area contributed by atoms with Crippen molar-refractivity contribution in [3.63, 3.8) is 0 Å². The van der Waals surface area contributed by atoms with Crippen LogP contribution >= 0.6 is 30.4 Å². The Morgan fingerprint density at radius 2 is 0.897 bits per heavy atom. The molecule has 1 aromatic rings. The van der Waals surface area contributed by atoms with Crippen molar-refractivity contribution in [1.82, 2.24) is 20.1 Å². The fraction of sp³-hybridized carbons (Fsp3) is 0.829. The average molecular weight is 911 g/mol. The molecule has 0 unspecified atom stereocenters. The fourth-order valence-electron chi connectivity index (χ4n) is 5.41. The van der Waals surface area contributed by atoms with E-state index in [-0.39, 0.29) is 104 Å². The van der Waals surface area contributed by atoms with Crippen molar-refractivity contribution in [1.29, 1.82) is 0 Å². The summed E-state index contributed by atoms with van der Waals surface area (Å²) in [5.41, 5.74) is 0.116. The molecule has 0 saturated carbocycles. The van der Waals surface area contributed by atoms with Crippen molar-refractivity contribution < 1.29 is 68.7 Å². The van der Waals surface area contributed by atoms with Gasteiger partial charge in [0.15, 0.2) is 0 Å². The van der Waals surface area contributed by atoms with Crippen molar-refractivity contribution in [3.8, 4) is 5.75 Å². The van der Waals surface area contributed by atoms with Crippen LogP contribution in [0.15, 0.2) is 12.1 Å². The molecule has 0 saturated heterocycles. The summed E-state index contributed by atoms with van der Waals surface area (Å²) in [4.78, 5) is 20.2. The van der Waals surface area contributed by atoms with E-state index in [1.165, 1.54) is 0 Å². The standard InChI is InChI=1S/C35H70N4O15P4/c1-12-46-55(41,47-13-2)27-38(28-56(42,48-14-3)49-15-4)25-31-23-33(45-22-20-21-36-34(40)54-35(9,10)11)24-32(37-31)26-39(29-57(43,50-16-5)51-17-6)30-58(44,52-18-7)53-19-8/h23-24H,12-22,25-30H2,1-11H3,(H,36,40). The monoisotopic (exact) mass is 910 g/mol. The van der Waals surface area contributed by atoms with Gasteiger partial charge in [0.2, 0.25) is 0 Å². The average Bonchev–Trinajstić information content (AvgIpc) is 3.07. The summed E-state index contributed by atoms with van der Waals surface area (Å²) in [5.74, 6) is 0.364. The summed E-state index contributed by atoms with van der Waals surface area (Å²) in [6, 6.07) is 3.33. The number of pyridine rings is 1. The van der Waals surface area contributed by atoms with E-state index in [2.05, 4.69) is 5.32 Å². The van der Waals surface area contributed by atoms with Crippen LogP contribution in [0.5, 0.6) is 5.75 Å². The molecule has 1 aromatic heterocycles. The predicted molar refractivity (Wildman–Crippen MR) is 223 cm³/mol. The number of hydrogen-bond donors (Lipinski definition) is 1. The van der Waals surface area contributed by atoms with Crippen LogP contribution in [0.3, 0.4) is 0 Å². The van der Waals surface area contributed by atoms with Gasteiger partial charge in [-0.1, -0.05) is 0 Å². The molecule has 0 aliphatic rings. The number of rotatable bonds is 33. The van der Waals surface area contributed by atoms with E-state index in [0.717, 1.165) is 0 Å². The topological polar surface area (TPSA) is 209 Å². The van der Waals surface area contributed by atoms with E-state index in [1.807, 2.05) is 0 Å². The van der Waals surface area contributed by atoms with Gasteiger partial charge in [-0.2, -0.15) is 0 Å². The molecule has 23 heteroatoms. The number of nitrogens with zero attached hydrogens (tertiary/aromatic N) is 3. The van der Waals surface area contributed by atoms with Crippen LogP contribution in [0.1, 0.15) is 94.0 Å². The quantitative estimate of drug-likeness (QED) is 0.0515. The number of carbonyl (C=O) groups is 1. The SMILES string of the molecule is CCOP(=O)(CN(Cc1cc(OCCCNC(=O)OC(C)(C)C)cc(CN(CP(=O)(OCC)OCC)CP(=O)(OCC)OCC)n1)CP(=O)(OCC)OCC)OCC. The number of aromatic nitrogens is 1. The van der Waals surface area contributed by atoms with Crippen LogP contribution in [0, 0.1) is 0 Å². The molecule has 0 aromatic carbocycles. The maximum absolute atomic E-state index is 13.9. The van der Waals surface area contributed by atoms with Crippen molar-refractivity contribution in [2.24, 2.45) is 0 Å². The minimum Gasteiger partial charge on any atom is -0.493 e. The smallest absolute Gasteiger partial charge is 0.407 e. The molecule has 340 valence electrons. The Labute approximate surface area is 346 Å². The lowest BCUT2D eigenvalue weighted by Gasteiger charge is -2.30. The van der Waals surface area contributed by atoms with Gasteiger partial charge in [-0.3, -0.25) is 33.0 Å². The van der Waals surface area contributed by atoms with Crippen LogP contribution in [-0.2, 0) is 72.3 Å². The van der Waals surface area contributed by atoms with Crippen LogP contribution in [-0.4, -0.2) is 118 Å². The van der Waals surface area contributed by atoms with Gasteiger partial charge in [-0.25, -0.2) is 4.79 Å². The highest BCUT2D eigenvalue weighted by atomic mass is 31.2. The highest BCUT2D eigenvalue weighted by Gasteiger charge is 2.36. The molecule has 0 bridgehead atoms. The zero-order valence-corrected chi connectivity index (χ0v) is 40.0. The van der Waals surface area contributed by atoms with Crippen LogP contribution < -0.4 is 10.1 Å². The number of carbonyl (C=O) groups excluding carboxylic acids is 1. The van der Waals surface area contributed by atoms with E-state index in [4.69, 9.17) is 50.6 Å². The lowest BCUT2D eigenvalue weighted by atomic mass is 10.2. The highest BCUT2D eigenvalue weighted by molar-refractivity contribution is 7.55. The van der Waals surface area contributed by atoms with Gasteiger partial charge in [0.05, 0.1) is 70.8 Å². The van der Waals surface area contributed by atoms with E-state index < -0.39 is 42.1 Å². The first-order valence-corrected chi connectivity index (χ1v) is 26.7. The van der Waals surface area contributed by atoms with Crippen LogP contribution in [0.25, 0.3) is 0 Å². The molecule has 0 fully saturated rings. The molecule has 1 heterocycles. The summed E-state index contributed by atoms with van der Waals surface area (Å²) in [6.45, 7) is 20.0. The van der Waals surface area contributed by atoms with Gasteiger partial charge in [0.1, 0.15) is 36.5 Å². The van der Waals surface area contributed by atoms with Gasteiger partial charge in [0.25, 0.3) is 0 Å². The summed E-state index contributed by atoms with van der Waals surface area (Å²) in [7, 11) is -15.0. The number of hydrogen-bond acceptors (Lipinski definition) is 18. The lowest BCUT2D eigenvalue weighted by molar-refractivity contribution is 0.0525. The second-order valence-corrected chi connectivity index (χ2v) is 21.5. The lowest BCUT2D eigenvalue weighted by Crippen LogP contribution is -2.33. The van der Waals surface area contributed by atoms with Gasteiger partial charge in [-0.15, -0.1) is 0 Å². The zero-order valence-electron chi connectivity index (χ0n) is 36.4. The van der Waals surface area contributed by atoms with Gasteiger partial charge in [-0.05, 0) is 82.6 Å². The molecule has 0 spiro atoms. The Morgan fingerprint density at radius 3 is 1.17 bits per heavy atom. The Morgan fingerprint density at radius 1 is 0.586 bits per heavy atom. The normalized spacial score (nSPS) is 13.1. The molecule has 0 aliphatic carbocycles. The molecule has 0 aliphatic heterocycles. The van der Waals surface area contributed by atoms with Crippen molar-refractivity contribution in [2.45, 2.75) is 101 Å². The molecule has 0 radical (unpaired) electrons. The largest absolute Gasteiger partial charge is 0.493 e. The molecular formula is C35H70N4O15P4. The number of ether oxygens (including phenoxy) is 2. The second-order valence-electron chi connectivity index (χ2n) is 13.4. The predicted octanol–water partition coefficient (Wildman–Crippen LogP) is 8.87. The minimum atomic E-state index is -3.74. The van der Waals surface area contributed by atoms with E-state index in [9.17, 15) is 23.1 Å². The highest BCUT2D eigenvalue weighted by Crippen LogP contribution is 2.55. The summed E-state index contributed by atoms with van der Waals surface area (Å²) in [6.07, 6.45) is -1.24. The Balaban J connectivity index is 3.79. The van der Waals surface area contributed by atoms with Crippen LogP contribution in [0.2, 0.25) is 0 Å². The van der Waals surface area contributed by atoms with E-state index in [1.54, 1.807) is 98.1 Å². The molecule has 1 N–H and O–H groups in total. The van der Waals surface area contributed by atoms with Gasteiger partial charge >= 0.3 is 36.5 Å². The summed E-state index contributed by atoms with van der Waals surface area (Å²) >= 11 is 0. The Bertz CT molecular complexity index is 1340. The van der Waals surface area contributed by atoms with Crippen molar-refractivity contribution in [3.05, 3.63) is 23.5 Å². The van der Waals surface area contributed by atoms with Gasteiger partial charge in [0, 0.05) is 31.8 Å². The molecule has 58 heavy (non-hydrogen) atoms. The molecule has 0 atom stereocenters. The Hall–Kier alpha value is -1.26. The van der Waals surface area contributed by atoms with E-state index in [0.29, 0.717) is 23.6 Å². The summed E-state index contributed by atoms with van der Waals surface area (Å²) in [5, 5.41) is 2.70. The summed E-state index contributed by atoms with van der Waals surface area (Å²) < 4.78 is 112. The zero-order chi connectivity index (χ0) is 43.9. The second kappa shape index (κ2) is 27.6. The Kier molecular flexibility index (Phi) is 26.1. The number of nitrogens with one attached hydrogen (secondary N) is 1. The first-order valence-electron chi connectivity index (χ1n) is 19.8. The third-order valence-electron chi connectivity index (χ3n) is 7.03. The molecule has 1 amide bonds. The van der Waals surface area contributed by atoms with Crippen molar-refractivity contribution >= 4 is 36.5 Å². The minimum absolute atomic E-state index is 0.0502. The van der Waals surface area contributed by atoms with Gasteiger partial charge < -0.3 is 51.0 Å². The molecular weight excluding hydrogens is 840 g/mol. The van der Waals surface area contributed by atoms with E-state index >= 15 is 0 Å². The van der Waals surface area contributed by atoms with Crippen LogP contribution in [0.4, 0.5) is 4.79 Å². The number of amides is 1. The third kappa shape index (κ3) is 22.5. The maximum Gasteiger partial charge on any atom is 0.407 e. The number of alkyl carbamates (subject to hydrolysis) is 1. The van der Waals surface area contributed by atoms with Crippen molar-refractivity contribution in [2.75, 3.05) is 91.2 Å². The fourth-order valence-corrected chi connectivity index (χ4v) is 12.6. The third-order valence-corrected chi connectivity index (χ3v) is 15.2. The molecule has 19 nitrogen and oxygen atoms in total.